The molecular weight excluding hydrogens is 402 g/mol. The number of halogens is 1. The quantitative estimate of drug-likeness (QED) is 0.358. The van der Waals surface area contributed by atoms with Gasteiger partial charge in [0.1, 0.15) is 0 Å². The number of fused-ring (bicyclic) bond motifs is 1. The van der Waals surface area contributed by atoms with Crippen LogP contribution in [0.5, 0.6) is 0 Å². The molecule has 2 aromatic rings. The fraction of sp³-hybridized carbons (Fsp3) is 0.167. The van der Waals surface area contributed by atoms with Crippen LogP contribution in [0.15, 0.2) is 53.0 Å². The van der Waals surface area contributed by atoms with E-state index in [2.05, 4.69) is 20.7 Å². The summed E-state index contributed by atoms with van der Waals surface area (Å²) in [7, 11) is 0. The van der Waals surface area contributed by atoms with Gasteiger partial charge >= 0.3 is 11.7 Å². The molecule has 1 N–H and O–H groups in total. The first-order valence-electron chi connectivity index (χ1n) is 7.76. The van der Waals surface area contributed by atoms with Gasteiger partial charge in [-0.25, -0.2) is 4.79 Å². The average Bonchev–Trinajstić information content (AvgIpc) is 2.86. The fourth-order valence-corrected chi connectivity index (χ4v) is 3.16. The van der Waals surface area contributed by atoms with Gasteiger partial charge in [0.25, 0.3) is 11.5 Å². The van der Waals surface area contributed by atoms with Gasteiger partial charge in [-0.05, 0) is 37.3 Å². The number of benzene rings is 2. The molecule has 1 amide bonds. The lowest BCUT2D eigenvalue weighted by atomic mass is 9.90. The molecule has 7 nitrogen and oxygen atoms in total. The molecule has 1 atom stereocenters. The predicted octanol–water partition coefficient (Wildman–Crippen LogP) is 2.55. The number of aliphatic hydroxyl groups is 1. The van der Waals surface area contributed by atoms with Gasteiger partial charge in [0.2, 0.25) is 0 Å². The number of nitrogens with zero attached hydrogens (tertiary/aromatic N) is 3. The van der Waals surface area contributed by atoms with Gasteiger partial charge in [-0.15, -0.1) is 0 Å². The van der Waals surface area contributed by atoms with Gasteiger partial charge in [-0.3, -0.25) is 9.69 Å². The molecule has 0 fully saturated rings. The Bertz CT molecular complexity index is 938. The lowest BCUT2D eigenvalue weighted by Crippen LogP contribution is -2.49. The average molecular weight is 416 g/mol. The van der Waals surface area contributed by atoms with Crippen LogP contribution in [0.25, 0.3) is 5.53 Å². The molecule has 1 unspecified atom stereocenters. The lowest BCUT2D eigenvalue weighted by molar-refractivity contribution is -0.147. The molecule has 0 aliphatic carbocycles. The molecule has 0 bridgehead atoms. The van der Waals surface area contributed by atoms with Crippen LogP contribution in [0.2, 0.25) is 0 Å². The van der Waals surface area contributed by atoms with Crippen molar-refractivity contribution in [3.63, 3.8) is 0 Å². The van der Waals surface area contributed by atoms with Crippen molar-refractivity contribution < 1.29 is 24.2 Å². The zero-order valence-electron chi connectivity index (χ0n) is 13.7. The molecule has 132 valence electrons. The topological polar surface area (TPSA) is 103 Å². The lowest BCUT2D eigenvalue weighted by Gasteiger charge is -2.19. The summed E-state index contributed by atoms with van der Waals surface area (Å²) in [6.07, 6.45) is 0. The number of para-hydroxylation sites is 1. The standard InChI is InChI=1S/C18H14BrN3O4/c1-2-26-16(23)15(21-20)18(25)13-5-3-4-6-14(13)22(17(18)24)12-9-7-11(19)8-10-12/h3-10,25H,2H2,1H3. The molecule has 3 rings (SSSR count). The summed E-state index contributed by atoms with van der Waals surface area (Å²) in [6, 6.07) is 13.3. The van der Waals surface area contributed by atoms with E-state index in [1.165, 1.54) is 11.0 Å². The molecule has 0 saturated carbocycles. The van der Waals surface area contributed by atoms with Crippen molar-refractivity contribution in [2.24, 2.45) is 0 Å². The van der Waals surface area contributed by atoms with Crippen LogP contribution in [-0.2, 0) is 19.9 Å². The van der Waals surface area contributed by atoms with Gasteiger partial charge in [-0.2, -0.15) is 4.79 Å². The van der Waals surface area contributed by atoms with E-state index >= 15 is 0 Å². The third kappa shape index (κ3) is 2.64. The van der Waals surface area contributed by atoms with Gasteiger partial charge in [0, 0.05) is 15.7 Å². The van der Waals surface area contributed by atoms with E-state index in [0.717, 1.165) is 4.47 Å². The zero-order chi connectivity index (χ0) is 18.9. The van der Waals surface area contributed by atoms with Gasteiger partial charge in [0.05, 0.1) is 12.3 Å². The molecule has 0 saturated heterocycles. The number of anilines is 2. The summed E-state index contributed by atoms with van der Waals surface area (Å²) in [4.78, 5) is 29.5. The number of carbonyl (C=O) groups is 2. The van der Waals surface area contributed by atoms with E-state index in [0.29, 0.717) is 11.4 Å². The molecule has 26 heavy (non-hydrogen) atoms. The molecule has 0 aromatic heterocycles. The summed E-state index contributed by atoms with van der Waals surface area (Å²) >= 11 is 3.33. The van der Waals surface area contributed by atoms with E-state index in [1.807, 2.05) is 0 Å². The molecule has 8 heteroatoms. The smallest absolute Gasteiger partial charge is 0.421 e. The Labute approximate surface area is 157 Å². The van der Waals surface area contributed by atoms with Gasteiger partial charge in [0.15, 0.2) is 0 Å². The maximum Gasteiger partial charge on any atom is 0.421 e. The first-order valence-corrected chi connectivity index (χ1v) is 8.56. The van der Waals surface area contributed by atoms with Gasteiger partial charge < -0.3 is 15.4 Å². The summed E-state index contributed by atoms with van der Waals surface area (Å²) in [6.45, 7) is 1.57. The molecule has 1 aliphatic rings. The minimum Gasteiger partial charge on any atom is -0.457 e. The largest absolute Gasteiger partial charge is 0.457 e. The Kier molecular flexibility index (Phi) is 4.73. The monoisotopic (exact) mass is 415 g/mol. The van der Waals surface area contributed by atoms with E-state index in [1.54, 1.807) is 49.4 Å². The van der Waals surface area contributed by atoms with Crippen molar-refractivity contribution in [3.8, 4) is 0 Å². The molecular formula is C18H14BrN3O4. The van der Waals surface area contributed by atoms with Crippen molar-refractivity contribution >= 4 is 44.9 Å². The zero-order valence-corrected chi connectivity index (χ0v) is 15.3. The van der Waals surface area contributed by atoms with E-state index < -0.39 is 23.2 Å². The van der Waals surface area contributed by atoms with Crippen LogP contribution in [0.1, 0.15) is 12.5 Å². The number of hydrogen-bond donors (Lipinski definition) is 1. The molecule has 2 aromatic carbocycles. The Hall–Kier alpha value is -2.80. The first kappa shape index (κ1) is 18.0. The SMILES string of the molecule is CCOC(=O)C(=[N+]=[N-])C1(O)C(=O)N(c2ccc(Br)cc2)c2ccccc21. The highest BCUT2D eigenvalue weighted by Gasteiger charge is 2.62. The van der Waals surface area contributed by atoms with E-state index in [-0.39, 0.29) is 12.2 Å². The van der Waals surface area contributed by atoms with Crippen LogP contribution < -0.4 is 4.90 Å². The number of esters is 1. The van der Waals surface area contributed by atoms with Crippen LogP contribution in [0.3, 0.4) is 0 Å². The van der Waals surface area contributed by atoms with Crippen LogP contribution >= 0.6 is 15.9 Å². The summed E-state index contributed by atoms with van der Waals surface area (Å²) < 4.78 is 5.65. The molecule has 1 aliphatic heterocycles. The highest BCUT2D eigenvalue weighted by atomic mass is 79.9. The second-order valence-corrected chi connectivity index (χ2v) is 6.43. The summed E-state index contributed by atoms with van der Waals surface area (Å²) in [5.74, 6) is -1.90. The molecule has 0 spiro atoms. The minimum absolute atomic E-state index is 0.000195. The van der Waals surface area contributed by atoms with Crippen LogP contribution in [0.4, 0.5) is 11.4 Å². The van der Waals surface area contributed by atoms with Crippen molar-refractivity contribution in [3.05, 3.63) is 64.1 Å². The van der Waals surface area contributed by atoms with E-state index in [4.69, 9.17) is 4.74 Å². The second kappa shape index (κ2) is 6.84. The third-order valence-corrected chi connectivity index (χ3v) is 4.57. The summed E-state index contributed by atoms with van der Waals surface area (Å²) in [5.41, 5.74) is 7.10. The first-order chi connectivity index (χ1) is 12.4. The Balaban J connectivity index is 2.20. The van der Waals surface area contributed by atoms with Crippen LogP contribution in [-0.4, -0.2) is 34.1 Å². The minimum atomic E-state index is -2.45. The van der Waals surface area contributed by atoms with Crippen molar-refractivity contribution in [1.82, 2.24) is 0 Å². The Morgan fingerprint density at radius 1 is 1.27 bits per heavy atom. The number of rotatable bonds is 4. The highest BCUT2D eigenvalue weighted by molar-refractivity contribution is 9.10. The normalized spacial score (nSPS) is 18.3. The highest BCUT2D eigenvalue weighted by Crippen LogP contribution is 2.45. The van der Waals surface area contributed by atoms with Gasteiger partial charge in [-0.1, -0.05) is 34.1 Å². The van der Waals surface area contributed by atoms with Crippen molar-refractivity contribution in [1.29, 1.82) is 0 Å². The Morgan fingerprint density at radius 3 is 2.54 bits per heavy atom. The number of hydrogen-bond acceptors (Lipinski definition) is 4. The summed E-state index contributed by atoms with van der Waals surface area (Å²) in [5, 5.41) is 11.2. The number of amides is 1. The van der Waals surface area contributed by atoms with Crippen molar-refractivity contribution in [2.45, 2.75) is 12.5 Å². The Morgan fingerprint density at radius 2 is 1.92 bits per heavy atom. The molecule has 0 radical (unpaired) electrons. The third-order valence-electron chi connectivity index (χ3n) is 4.04. The number of carbonyl (C=O) groups excluding carboxylic acids is 2. The maximum absolute atomic E-state index is 13.1. The maximum atomic E-state index is 13.1. The second-order valence-electron chi connectivity index (χ2n) is 5.51. The van der Waals surface area contributed by atoms with E-state index in [9.17, 15) is 20.2 Å². The fourth-order valence-electron chi connectivity index (χ4n) is 2.90. The molecule has 1 heterocycles. The van der Waals surface area contributed by atoms with Crippen molar-refractivity contribution in [2.75, 3.05) is 11.5 Å². The van der Waals surface area contributed by atoms with Crippen LogP contribution in [0, 0.1) is 0 Å². The number of ether oxygens (including phenoxy) is 1. The predicted molar refractivity (Wildman–Crippen MR) is 96.9 cm³/mol.